The highest BCUT2D eigenvalue weighted by atomic mass is 16.5. The van der Waals surface area contributed by atoms with Crippen molar-refractivity contribution in [1.29, 1.82) is 0 Å². The van der Waals surface area contributed by atoms with Crippen molar-refractivity contribution in [3.05, 3.63) is 35.9 Å². The number of ether oxygens (including phenoxy) is 1. The molecule has 2 unspecified atom stereocenters. The van der Waals surface area contributed by atoms with Crippen LogP contribution in [-0.4, -0.2) is 57.7 Å². The Kier molecular flexibility index (Phi) is 8.77. The van der Waals surface area contributed by atoms with Gasteiger partial charge in [0.25, 0.3) is 0 Å². The van der Waals surface area contributed by atoms with E-state index in [9.17, 15) is 0 Å². The molecular weight excluding hydrogens is 312 g/mol. The maximum Gasteiger partial charge on any atom is 0.190 e. The normalized spacial score (nSPS) is 20.3. The zero-order valence-electron chi connectivity index (χ0n) is 16.0. The Morgan fingerprint density at radius 3 is 2.84 bits per heavy atom. The summed E-state index contributed by atoms with van der Waals surface area (Å²) in [4.78, 5) is 6.75. The van der Waals surface area contributed by atoms with Gasteiger partial charge in [-0.05, 0) is 43.8 Å². The van der Waals surface area contributed by atoms with E-state index in [0.29, 0.717) is 18.4 Å². The molecule has 0 amide bonds. The molecule has 1 aliphatic heterocycles. The van der Waals surface area contributed by atoms with E-state index in [1.54, 1.807) is 0 Å². The minimum Gasteiger partial charge on any atom is -0.376 e. The van der Waals surface area contributed by atoms with Gasteiger partial charge < -0.3 is 20.3 Å². The number of piperidine rings is 1. The number of benzene rings is 1. The van der Waals surface area contributed by atoms with Gasteiger partial charge in [-0.2, -0.15) is 0 Å². The molecule has 0 bridgehead atoms. The molecule has 0 aromatic heterocycles. The maximum atomic E-state index is 5.81. The smallest absolute Gasteiger partial charge is 0.190 e. The van der Waals surface area contributed by atoms with Crippen molar-refractivity contribution in [1.82, 2.24) is 15.5 Å². The minimum atomic E-state index is 0.433. The van der Waals surface area contributed by atoms with E-state index in [1.165, 1.54) is 31.5 Å². The molecule has 2 rings (SSSR count). The van der Waals surface area contributed by atoms with Crippen molar-refractivity contribution in [3.8, 4) is 0 Å². The lowest BCUT2D eigenvalue weighted by Crippen LogP contribution is -2.44. The van der Waals surface area contributed by atoms with Gasteiger partial charge in [0.15, 0.2) is 5.96 Å². The van der Waals surface area contributed by atoms with Crippen LogP contribution in [-0.2, 0) is 11.3 Å². The van der Waals surface area contributed by atoms with Gasteiger partial charge in [-0.1, -0.05) is 37.3 Å². The Morgan fingerprint density at radius 1 is 1.32 bits per heavy atom. The standard InChI is InChI=1S/C20H34N4O/c1-17(15-25-16-18-8-5-4-6-9-18)12-22-20(21-2)23-13-19-10-7-11-24(3)14-19/h4-6,8-9,17,19H,7,10-16H2,1-3H3,(H2,21,22,23). The van der Waals surface area contributed by atoms with Crippen molar-refractivity contribution in [3.63, 3.8) is 0 Å². The second kappa shape index (κ2) is 11.1. The quantitative estimate of drug-likeness (QED) is 0.560. The molecule has 1 aliphatic rings. The van der Waals surface area contributed by atoms with E-state index in [2.05, 4.69) is 46.6 Å². The van der Waals surface area contributed by atoms with Crippen molar-refractivity contribution in [2.75, 3.05) is 46.9 Å². The zero-order valence-corrected chi connectivity index (χ0v) is 16.0. The lowest BCUT2D eigenvalue weighted by Gasteiger charge is -2.30. The van der Waals surface area contributed by atoms with Gasteiger partial charge in [-0.3, -0.25) is 4.99 Å². The number of rotatable bonds is 8. The van der Waals surface area contributed by atoms with Gasteiger partial charge in [0.05, 0.1) is 13.2 Å². The molecule has 0 aliphatic carbocycles. The fraction of sp³-hybridized carbons (Fsp3) is 0.650. The van der Waals surface area contributed by atoms with Crippen LogP contribution in [0.1, 0.15) is 25.3 Å². The summed E-state index contributed by atoms with van der Waals surface area (Å²) in [6.45, 7) is 7.86. The molecule has 1 aromatic carbocycles. The van der Waals surface area contributed by atoms with Crippen molar-refractivity contribution >= 4 is 5.96 Å². The first-order valence-corrected chi connectivity index (χ1v) is 9.42. The van der Waals surface area contributed by atoms with Crippen LogP contribution in [0.3, 0.4) is 0 Å². The molecule has 5 nitrogen and oxygen atoms in total. The summed E-state index contributed by atoms with van der Waals surface area (Å²) in [5.74, 6) is 2.04. The van der Waals surface area contributed by atoms with Gasteiger partial charge in [0.1, 0.15) is 0 Å². The Hall–Kier alpha value is -1.59. The molecule has 1 heterocycles. The fourth-order valence-electron chi connectivity index (χ4n) is 3.18. The Labute approximate surface area is 152 Å². The van der Waals surface area contributed by atoms with Gasteiger partial charge >= 0.3 is 0 Å². The van der Waals surface area contributed by atoms with E-state index in [4.69, 9.17) is 4.74 Å². The molecule has 1 fully saturated rings. The van der Waals surface area contributed by atoms with Crippen LogP contribution in [0.5, 0.6) is 0 Å². The SMILES string of the molecule is CN=C(NCC(C)COCc1ccccc1)NCC1CCCN(C)C1. The Morgan fingerprint density at radius 2 is 2.12 bits per heavy atom. The second-order valence-electron chi connectivity index (χ2n) is 7.21. The highest BCUT2D eigenvalue weighted by molar-refractivity contribution is 5.79. The molecule has 1 aromatic rings. The van der Waals surface area contributed by atoms with Gasteiger partial charge in [-0.25, -0.2) is 0 Å². The summed E-state index contributed by atoms with van der Waals surface area (Å²) >= 11 is 0. The van der Waals surface area contributed by atoms with Gasteiger partial charge in [0, 0.05) is 26.7 Å². The lowest BCUT2D eigenvalue weighted by molar-refractivity contribution is 0.0931. The molecular formula is C20H34N4O. The molecule has 140 valence electrons. The highest BCUT2D eigenvalue weighted by Gasteiger charge is 2.17. The number of aliphatic imine (C=N–C) groups is 1. The summed E-state index contributed by atoms with van der Waals surface area (Å²) in [5.41, 5.74) is 1.22. The van der Waals surface area contributed by atoms with Crippen molar-refractivity contribution < 1.29 is 4.74 Å². The summed E-state index contributed by atoms with van der Waals surface area (Å²) in [5, 5.41) is 6.88. The van der Waals surface area contributed by atoms with E-state index < -0.39 is 0 Å². The summed E-state index contributed by atoms with van der Waals surface area (Å²) in [6.07, 6.45) is 2.60. The van der Waals surface area contributed by atoms with Crippen LogP contribution in [0.2, 0.25) is 0 Å². The summed E-state index contributed by atoms with van der Waals surface area (Å²) in [6, 6.07) is 10.3. The van der Waals surface area contributed by atoms with Crippen LogP contribution in [0, 0.1) is 11.8 Å². The molecule has 0 spiro atoms. The van der Waals surface area contributed by atoms with Gasteiger partial charge in [0.2, 0.25) is 0 Å². The summed E-state index contributed by atoms with van der Waals surface area (Å²) in [7, 11) is 4.04. The van der Waals surface area contributed by atoms with E-state index >= 15 is 0 Å². The van der Waals surface area contributed by atoms with Crippen molar-refractivity contribution in [2.45, 2.75) is 26.4 Å². The molecule has 1 saturated heterocycles. The predicted octanol–water partition coefficient (Wildman–Crippen LogP) is 2.35. The van der Waals surface area contributed by atoms with E-state index in [0.717, 1.165) is 25.7 Å². The van der Waals surface area contributed by atoms with Crippen LogP contribution in [0.4, 0.5) is 0 Å². The Balaban J connectivity index is 1.59. The first-order chi connectivity index (χ1) is 12.2. The molecule has 0 radical (unpaired) electrons. The molecule has 5 heteroatoms. The third-order valence-electron chi connectivity index (χ3n) is 4.64. The third kappa shape index (κ3) is 7.88. The van der Waals surface area contributed by atoms with E-state index in [-0.39, 0.29) is 0 Å². The molecule has 2 atom stereocenters. The van der Waals surface area contributed by atoms with Crippen LogP contribution >= 0.6 is 0 Å². The first kappa shape index (κ1) is 19.7. The zero-order chi connectivity index (χ0) is 17.9. The average molecular weight is 347 g/mol. The lowest BCUT2D eigenvalue weighted by atomic mass is 9.99. The predicted molar refractivity (Wildman–Crippen MR) is 105 cm³/mol. The third-order valence-corrected chi connectivity index (χ3v) is 4.64. The number of nitrogens with one attached hydrogen (secondary N) is 2. The van der Waals surface area contributed by atoms with E-state index in [1.807, 2.05) is 25.2 Å². The number of guanidine groups is 1. The highest BCUT2D eigenvalue weighted by Crippen LogP contribution is 2.13. The first-order valence-electron chi connectivity index (χ1n) is 9.42. The maximum absolute atomic E-state index is 5.81. The minimum absolute atomic E-state index is 0.433. The number of hydrogen-bond donors (Lipinski definition) is 2. The van der Waals surface area contributed by atoms with Crippen LogP contribution in [0.25, 0.3) is 0 Å². The monoisotopic (exact) mass is 346 g/mol. The second-order valence-corrected chi connectivity index (χ2v) is 7.21. The fourth-order valence-corrected chi connectivity index (χ4v) is 3.18. The van der Waals surface area contributed by atoms with Crippen LogP contribution in [0.15, 0.2) is 35.3 Å². The average Bonchev–Trinajstić information content (AvgIpc) is 2.63. The molecule has 25 heavy (non-hydrogen) atoms. The molecule has 2 N–H and O–H groups in total. The number of nitrogens with zero attached hydrogens (tertiary/aromatic N) is 2. The topological polar surface area (TPSA) is 48.9 Å². The Bertz CT molecular complexity index is 506. The number of hydrogen-bond acceptors (Lipinski definition) is 3. The van der Waals surface area contributed by atoms with Crippen molar-refractivity contribution in [2.24, 2.45) is 16.8 Å². The van der Waals surface area contributed by atoms with Crippen LogP contribution < -0.4 is 10.6 Å². The number of likely N-dealkylation sites (tertiary alicyclic amines) is 1. The summed E-state index contributed by atoms with van der Waals surface area (Å²) < 4.78 is 5.81. The van der Waals surface area contributed by atoms with Gasteiger partial charge in [-0.15, -0.1) is 0 Å². The molecule has 0 saturated carbocycles. The largest absolute Gasteiger partial charge is 0.376 e.